The normalized spacial score (nSPS) is 11.1. The van der Waals surface area contributed by atoms with Crippen LogP contribution in [0.25, 0.3) is 10.2 Å². The first-order chi connectivity index (χ1) is 10.1. The molecule has 0 aromatic carbocycles. The second-order valence-corrected chi connectivity index (χ2v) is 6.50. The van der Waals surface area contributed by atoms with Crippen molar-refractivity contribution in [2.45, 2.75) is 51.9 Å². The Balaban J connectivity index is 1.89. The quantitative estimate of drug-likeness (QED) is 0.573. The number of carbonyl (C=O) groups is 1. The third-order valence-corrected chi connectivity index (χ3v) is 4.79. The van der Waals surface area contributed by atoms with Crippen molar-refractivity contribution < 1.29 is 9.90 Å². The van der Waals surface area contributed by atoms with Crippen LogP contribution in [0.3, 0.4) is 0 Å². The van der Waals surface area contributed by atoms with Gasteiger partial charge in [0.05, 0.1) is 0 Å². The highest BCUT2D eigenvalue weighted by molar-refractivity contribution is 7.18. The highest BCUT2D eigenvalue weighted by Crippen LogP contribution is 2.29. The molecule has 0 spiro atoms. The number of nitrogens with zero attached hydrogens (tertiary/aromatic N) is 2. The van der Waals surface area contributed by atoms with E-state index in [2.05, 4.69) is 23.0 Å². The largest absolute Gasteiger partial charge is 0.481 e. The predicted octanol–water partition coefficient (Wildman–Crippen LogP) is 4.48. The highest BCUT2D eigenvalue weighted by atomic mass is 35.5. The molecule has 0 atom stereocenters. The SMILES string of the molecule is CCc1cc2c(Cl)nc(CCCCCCC(=O)O)nc2s1. The Morgan fingerprint density at radius 1 is 1.29 bits per heavy atom. The van der Waals surface area contributed by atoms with Crippen molar-refractivity contribution in [1.29, 1.82) is 0 Å². The molecule has 0 aliphatic carbocycles. The smallest absolute Gasteiger partial charge is 0.303 e. The van der Waals surface area contributed by atoms with Crippen LogP contribution in [0.5, 0.6) is 0 Å². The molecule has 21 heavy (non-hydrogen) atoms. The van der Waals surface area contributed by atoms with Gasteiger partial charge in [0.25, 0.3) is 0 Å². The van der Waals surface area contributed by atoms with Crippen molar-refractivity contribution in [3.05, 3.63) is 21.9 Å². The number of aromatic nitrogens is 2. The zero-order valence-electron chi connectivity index (χ0n) is 12.1. The molecule has 0 amide bonds. The van der Waals surface area contributed by atoms with E-state index in [1.54, 1.807) is 11.3 Å². The average molecular weight is 327 g/mol. The number of aliphatic carboxylic acids is 1. The van der Waals surface area contributed by atoms with E-state index in [0.717, 1.165) is 54.6 Å². The summed E-state index contributed by atoms with van der Waals surface area (Å²) in [5.74, 6) is 0.0650. The molecular formula is C15H19ClN2O2S. The molecule has 1 N–H and O–H groups in total. The third-order valence-electron chi connectivity index (χ3n) is 3.33. The zero-order valence-corrected chi connectivity index (χ0v) is 13.6. The summed E-state index contributed by atoms with van der Waals surface area (Å²) in [4.78, 5) is 21.6. The van der Waals surface area contributed by atoms with Gasteiger partial charge in [-0.1, -0.05) is 31.4 Å². The Labute approximate surface area is 133 Å². The van der Waals surface area contributed by atoms with Gasteiger partial charge in [-0.15, -0.1) is 11.3 Å². The second-order valence-electron chi connectivity index (χ2n) is 5.02. The highest BCUT2D eigenvalue weighted by Gasteiger charge is 2.09. The van der Waals surface area contributed by atoms with E-state index < -0.39 is 5.97 Å². The number of fused-ring (bicyclic) bond motifs is 1. The standard InChI is InChI=1S/C15H19ClN2O2S/c1-2-10-9-11-14(16)17-12(18-15(11)21-10)7-5-3-4-6-8-13(19)20/h9H,2-8H2,1H3,(H,19,20). The minimum Gasteiger partial charge on any atom is -0.481 e. The van der Waals surface area contributed by atoms with Crippen LogP contribution in [-0.2, 0) is 17.6 Å². The van der Waals surface area contributed by atoms with Crippen molar-refractivity contribution >= 4 is 39.1 Å². The molecule has 2 aromatic rings. The summed E-state index contributed by atoms with van der Waals surface area (Å²) in [5, 5.41) is 10.1. The molecule has 0 unspecified atom stereocenters. The van der Waals surface area contributed by atoms with Crippen LogP contribution < -0.4 is 0 Å². The number of unbranched alkanes of at least 4 members (excludes halogenated alkanes) is 3. The summed E-state index contributed by atoms with van der Waals surface area (Å²) in [5.41, 5.74) is 0. The second kappa shape index (κ2) is 7.71. The maximum Gasteiger partial charge on any atom is 0.303 e. The minimum absolute atomic E-state index is 0.253. The molecule has 0 saturated heterocycles. The number of thiophene rings is 1. The van der Waals surface area contributed by atoms with Crippen LogP contribution in [0, 0.1) is 0 Å². The average Bonchev–Trinajstić information content (AvgIpc) is 2.86. The molecule has 0 fully saturated rings. The summed E-state index contributed by atoms with van der Waals surface area (Å²) in [6.45, 7) is 2.12. The monoisotopic (exact) mass is 326 g/mol. The van der Waals surface area contributed by atoms with E-state index in [0.29, 0.717) is 5.15 Å². The number of hydrogen-bond donors (Lipinski definition) is 1. The number of hydrogen-bond acceptors (Lipinski definition) is 4. The number of aryl methyl sites for hydroxylation is 2. The zero-order chi connectivity index (χ0) is 15.2. The number of rotatable bonds is 8. The third kappa shape index (κ3) is 4.64. The fourth-order valence-corrected chi connectivity index (χ4v) is 3.46. The topological polar surface area (TPSA) is 63.1 Å². The first-order valence-electron chi connectivity index (χ1n) is 7.26. The van der Waals surface area contributed by atoms with Gasteiger partial charge in [0.1, 0.15) is 15.8 Å². The molecule has 0 aliphatic rings. The Bertz CT molecular complexity index is 627. The number of carboxylic acids is 1. The van der Waals surface area contributed by atoms with Gasteiger partial charge in [0.2, 0.25) is 0 Å². The molecule has 2 aromatic heterocycles. The Morgan fingerprint density at radius 2 is 2.05 bits per heavy atom. The molecule has 114 valence electrons. The first kappa shape index (κ1) is 16.2. The fraction of sp³-hybridized carbons (Fsp3) is 0.533. The van der Waals surface area contributed by atoms with Crippen LogP contribution in [-0.4, -0.2) is 21.0 Å². The Kier molecular flexibility index (Phi) is 5.94. The fourth-order valence-electron chi connectivity index (χ4n) is 2.18. The molecule has 2 heterocycles. The predicted molar refractivity (Wildman–Crippen MR) is 86.2 cm³/mol. The number of carboxylic acid groups (broad SMARTS) is 1. The minimum atomic E-state index is -0.722. The molecule has 0 radical (unpaired) electrons. The van der Waals surface area contributed by atoms with Crippen LogP contribution >= 0.6 is 22.9 Å². The molecular weight excluding hydrogens is 308 g/mol. The van der Waals surface area contributed by atoms with Crippen molar-refractivity contribution in [2.75, 3.05) is 0 Å². The molecule has 6 heteroatoms. The Hall–Kier alpha value is -1.20. The maximum absolute atomic E-state index is 10.4. The van der Waals surface area contributed by atoms with E-state index >= 15 is 0 Å². The summed E-state index contributed by atoms with van der Waals surface area (Å²) < 4.78 is 0. The van der Waals surface area contributed by atoms with Crippen molar-refractivity contribution in [2.24, 2.45) is 0 Å². The summed E-state index contributed by atoms with van der Waals surface area (Å²) in [6.07, 6.45) is 5.66. The Morgan fingerprint density at radius 3 is 2.76 bits per heavy atom. The summed E-state index contributed by atoms with van der Waals surface area (Å²) >= 11 is 7.90. The summed E-state index contributed by atoms with van der Waals surface area (Å²) in [7, 11) is 0. The lowest BCUT2D eigenvalue weighted by Crippen LogP contribution is -1.96. The van der Waals surface area contributed by atoms with Gasteiger partial charge in [0.15, 0.2) is 0 Å². The molecule has 0 bridgehead atoms. The number of halogens is 1. The van der Waals surface area contributed by atoms with E-state index in [-0.39, 0.29) is 6.42 Å². The van der Waals surface area contributed by atoms with Gasteiger partial charge < -0.3 is 5.11 Å². The van der Waals surface area contributed by atoms with E-state index in [1.165, 1.54) is 4.88 Å². The van der Waals surface area contributed by atoms with Crippen LogP contribution in [0.4, 0.5) is 0 Å². The van der Waals surface area contributed by atoms with Crippen LogP contribution in [0.2, 0.25) is 5.15 Å². The van der Waals surface area contributed by atoms with Gasteiger partial charge in [0, 0.05) is 23.1 Å². The lowest BCUT2D eigenvalue weighted by atomic mass is 10.1. The van der Waals surface area contributed by atoms with Gasteiger partial charge in [-0.2, -0.15) is 0 Å². The van der Waals surface area contributed by atoms with E-state index in [4.69, 9.17) is 16.7 Å². The summed E-state index contributed by atoms with van der Waals surface area (Å²) in [6, 6.07) is 2.07. The van der Waals surface area contributed by atoms with Gasteiger partial charge in [-0.05, 0) is 25.3 Å². The van der Waals surface area contributed by atoms with Crippen molar-refractivity contribution in [1.82, 2.24) is 9.97 Å². The van der Waals surface area contributed by atoms with Crippen molar-refractivity contribution in [3.8, 4) is 0 Å². The van der Waals surface area contributed by atoms with Crippen LogP contribution in [0.1, 0.15) is 49.7 Å². The van der Waals surface area contributed by atoms with E-state index in [1.807, 2.05) is 0 Å². The van der Waals surface area contributed by atoms with Crippen LogP contribution in [0.15, 0.2) is 6.07 Å². The molecule has 0 aliphatic heterocycles. The van der Waals surface area contributed by atoms with E-state index in [9.17, 15) is 4.79 Å². The van der Waals surface area contributed by atoms with Gasteiger partial charge in [-0.25, -0.2) is 9.97 Å². The molecule has 2 rings (SSSR count). The maximum atomic E-state index is 10.4. The lowest BCUT2D eigenvalue weighted by Gasteiger charge is -2.02. The molecule has 0 saturated carbocycles. The van der Waals surface area contributed by atoms with Gasteiger partial charge >= 0.3 is 5.97 Å². The van der Waals surface area contributed by atoms with Gasteiger partial charge in [-0.3, -0.25) is 4.79 Å². The first-order valence-corrected chi connectivity index (χ1v) is 8.46. The lowest BCUT2D eigenvalue weighted by molar-refractivity contribution is -0.137. The molecule has 4 nitrogen and oxygen atoms in total. The van der Waals surface area contributed by atoms with Crippen molar-refractivity contribution in [3.63, 3.8) is 0 Å².